The topological polar surface area (TPSA) is 49.3 Å². The molecule has 0 bridgehead atoms. The Morgan fingerprint density at radius 1 is 1.21 bits per heavy atom. The summed E-state index contributed by atoms with van der Waals surface area (Å²) < 4.78 is 1.07. The number of halogens is 1. The van der Waals surface area contributed by atoms with Crippen LogP contribution in [0.5, 0.6) is 0 Å². The monoisotopic (exact) mass is 319 g/mol. The van der Waals surface area contributed by atoms with Gasteiger partial charge < -0.3 is 10.4 Å². The number of carboxylic acids is 1. The number of nitrogens with one attached hydrogen (secondary N) is 1. The van der Waals surface area contributed by atoms with Crippen molar-refractivity contribution < 1.29 is 9.90 Å². The lowest BCUT2D eigenvalue weighted by molar-refractivity contribution is 0.0697. The van der Waals surface area contributed by atoms with E-state index in [0.717, 1.165) is 15.7 Å². The highest BCUT2D eigenvalue weighted by Crippen LogP contribution is 2.20. The molecule has 2 N–H and O–H groups in total. The molecular formula is C15H14BrNO2. The Balaban J connectivity index is 2.04. The number of aromatic carboxylic acids is 1. The normalized spacial score (nSPS) is 10.2. The molecule has 0 spiro atoms. The largest absolute Gasteiger partial charge is 0.478 e. The van der Waals surface area contributed by atoms with E-state index in [1.165, 1.54) is 5.56 Å². The minimum Gasteiger partial charge on any atom is -0.478 e. The first kappa shape index (κ1) is 13.6. The molecule has 0 saturated heterocycles. The zero-order chi connectivity index (χ0) is 13.8. The van der Waals surface area contributed by atoms with Gasteiger partial charge in [-0.3, -0.25) is 0 Å². The van der Waals surface area contributed by atoms with Gasteiger partial charge in [-0.2, -0.15) is 0 Å². The van der Waals surface area contributed by atoms with Gasteiger partial charge in [0.2, 0.25) is 0 Å². The minimum absolute atomic E-state index is 0.294. The molecule has 2 rings (SSSR count). The van der Waals surface area contributed by atoms with Crippen molar-refractivity contribution >= 4 is 27.6 Å². The third kappa shape index (κ3) is 3.58. The van der Waals surface area contributed by atoms with Crippen molar-refractivity contribution in [2.24, 2.45) is 0 Å². The summed E-state index contributed by atoms with van der Waals surface area (Å²) in [5, 5.41) is 12.1. The van der Waals surface area contributed by atoms with E-state index in [-0.39, 0.29) is 0 Å². The molecular weight excluding hydrogens is 306 g/mol. The van der Waals surface area contributed by atoms with Gasteiger partial charge in [0, 0.05) is 16.7 Å². The van der Waals surface area contributed by atoms with Gasteiger partial charge in [-0.05, 0) is 48.4 Å². The predicted octanol–water partition coefficient (Wildman–Crippen LogP) is 4.07. The van der Waals surface area contributed by atoms with Gasteiger partial charge in [0.05, 0.1) is 5.56 Å². The van der Waals surface area contributed by atoms with Gasteiger partial charge in [-0.25, -0.2) is 4.79 Å². The van der Waals surface area contributed by atoms with Crippen molar-refractivity contribution in [2.45, 2.75) is 13.5 Å². The fraction of sp³-hybridized carbons (Fsp3) is 0.133. The van der Waals surface area contributed by atoms with Crippen molar-refractivity contribution in [3.8, 4) is 0 Å². The molecule has 2 aromatic carbocycles. The molecule has 0 aliphatic carbocycles. The second-order valence-corrected chi connectivity index (χ2v) is 5.19. The van der Waals surface area contributed by atoms with E-state index in [9.17, 15) is 4.79 Å². The molecule has 0 heterocycles. The lowest BCUT2D eigenvalue weighted by atomic mass is 10.1. The molecule has 2 aromatic rings. The summed E-state index contributed by atoms with van der Waals surface area (Å²) in [6, 6.07) is 12.9. The van der Waals surface area contributed by atoms with Crippen LogP contribution in [0.3, 0.4) is 0 Å². The van der Waals surface area contributed by atoms with Gasteiger partial charge in [0.15, 0.2) is 0 Å². The van der Waals surface area contributed by atoms with Crippen LogP contribution in [0.15, 0.2) is 46.9 Å². The van der Waals surface area contributed by atoms with Gasteiger partial charge in [0.1, 0.15) is 0 Å². The number of anilines is 1. The van der Waals surface area contributed by atoms with Gasteiger partial charge in [0.25, 0.3) is 0 Å². The van der Waals surface area contributed by atoms with Crippen LogP contribution >= 0.6 is 15.9 Å². The number of benzene rings is 2. The SMILES string of the molecule is Cc1ccc(CNc2ccc(C(=O)O)cc2)c(Br)c1. The van der Waals surface area contributed by atoms with Crippen LogP contribution in [0.2, 0.25) is 0 Å². The molecule has 0 aromatic heterocycles. The Bertz CT molecular complexity index is 594. The van der Waals surface area contributed by atoms with E-state index in [1.54, 1.807) is 24.3 Å². The van der Waals surface area contributed by atoms with Crippen LogP contribution in [0.1, 0.15) is 21.5 Å². The number of rotatable bonds is 4. The van der Waals surface area contributed by atoms with Gasteiger partial charge in [-0.15, -0.1) is 0 Å². The van der Waals surface area contributed by atoms with Crippen molar-refractivity contribution in [2.75, 3.05) is 5.32 Å². The molecule has 0 saturated carbocycles. The van der Waals surface area contributed by atoms with E-state index in [4.69, 9.17) is 5.11 Å². The standard InChI is InChI=1S/C15H14BrNO2/c1-10-2-3-12(14(16)8-10)9-17-13-6-4-11(5-7-13)15(18)19/h2-8,17H,9H2,1H3,(H,18,19). The van der Waals surface area contributed by atoms with E-state index in [1.807, 2.05) is 6.92 Å². The van der Waals surface area contributed by atoms with Crippen LogP contribution in [-0.2, 0) is 6.54 Å². The second-order valence-electron chi connectivity index (χ2n) is 4.33. The Morgan fingerprint density at radius 3 is 2.47 bits per heavy atom. The van der Waals surface area contributed by atoms with Crippen LogP contribution < -0.4 is 5.32 Å². The first-order valence-electron chi connectivity index (χ1n) is 5.88. The Kier molecular flexibility index (Phi) is 4.22. The first-order valence-corrected chi connectivity index (χ1v) is 6.68. The van der Waals surface area contributed by atoms with Crippen LogP contribution in [0.4, 0.5) is 5.69 Å². The average Bonchev–Trinajstić information content (AvgIpc) is 2.38. The van der Waals surface area contributed by atoms with Crippen molar-refractivity contribution in [1.82, 2.24) is 0 Å². The Labute approximate surface area is 120 Å². The highest BCUT2D eigenvalue weighted by Gasteiger charge is 2.03. The number of hydrogen-bond donors (Lipinski definition) is 2. The molecule has 0 radical (unpaired) electrons. The summed E-state index contributed by atoms with van der Waals surface area (Å²) in [5.74, 6) is -0.909. The van der Waals surface area contributed by atoms with E-state index < -0.39 is 5.97 Å². The Hall–Kier alpha value is -1.81. The number of hydrogen-bond acceptors (Lipinski definition) is 2. The molecule has 0 atom stereocenters. The molecule has 19 heavy (non-hydrogen) atoms. The first-order chi connectivity index (χ1) is 9.06. The summed E-state index contributed by atoms with van der Waals surface area (Å²) in [6.07, 6.45) is 0. The average molecular weight is 320 g/mol. The summed E-state index contributed by atoms with van der Waals surface area (Å²) in [4.78, 5) is 10.7. The summed E-state index contributed by atoms with van der Waals surface area (Å²) >= 11 is 3.53. The number of aryl methyl sites for hydroxylation is 1. The zero-order valence-corrected chi connectivity index (χ0v) is 12.1. The van der Waals surface area contributed by atoms with Crippen LogP contribution in [0.25, 0.3) is 0 Å². The number of carbonyl (C=O) groups is 1. The summed E-state index contributed by atoms with van der Waals surface area (Å²) in [7, 11) is 0. The summed E-state index contributed by atoms with van der Waals surface area (Å²) in [5.41, 5.74) is 3.56. The molecule has 98 valence electrons. The fourth-order valence-electron chi connectivity index (χ4n) is 1.72. The fourth-order valence-corrected chi connectivity index (χ4v) is 2.36. The highest BCUT2D eigenvalue weighted by atomic mass is 79.9. The molecule has 0 fully saturated rings. The third-order valence-electron chi connectivity index (χ3n) is 2.82. The molecule has 0 aliphatic rings. The highest BCUT2D eigenvalue weighted by molar-refractivity contribution is 9.10. The van der Waals surface area contributed by atoms with Crippen LogP contribution in [0, 0.1) is 6.92 Å². The molecule has 3 nitrogen and oxygen atoms in total. The summed E-state index contributed by atoms with van der Waals surface area (Å²) in [6.45, 7) is 2.74. The molecule has 0 unspecified atom stereocenters. The van der Waals surface area contributed by atoms with E-state index in [2.05, 4.69) is 39.4 Å². The third-order valence-corrected chi connectivity index (χ3v) is 3.56. The minimum atomic E-state index is -0.909. The Morgan fingerprint density at radius 2 is 1.89 bits per heavy atom. The zero-order valence-electron chi connectivity index (χ0n) is 10.5. The van der Waals surface area contributed by atoms with E-state index in [0.29, 0.717) is 12.1 Å². The maximum absolute atomic E-state index is 10.7. The number of carboxylic acid groups (broad SMARTS) is 1. The van der Waals surface area contributed by atoms with Crippen LogP contribution in [-0.4, -0.2) is 11.1 Å². The lowest BCUT2D eigenvalue weighted by Gasteiger charge is -2.09. The molecule has 0 amide bonds. The molecule has 4 heteroatoms. The second kappa shape index (κ2) is 5.89. The smallest absolute Gasteiger partial charge is 0.335 e. The van der Waals surface area contributed by atoms with Crippen molar-refractivity contribution in [1.29, 1.82) is 0 Å². The van der Waals surface area contributed by atoms with Crippen molar-refractivity contribution in [3.05, 3.63) is 63.6 Å². The maximum atomic E-state index is 10.7. The van der Waals surface area contributed by atoms with Gasteiger partial charge >= 0.3 is 5.97 Å². The van der Waals surface area contributed by atoms with Gasteiger partial charge in [-0.1, -0.05) is 28.1 Å². The van der Waals surface area contributed by atoms with Crippen molar-refractivity contribution in [3.63, 3.8) is 0 Å². The van der Waals surface area contributed by atoms with E-state index >= 15 is 0 Å². The quantitative estimate of drug-likeness (QED) is 0.893. The maximum Gasteiger partial charge on any atom is 0.335 e. The predicted molar refractivity (Wildman–Crippen MR) is 79.6 cm³/mol. The molecule has 0 aliphatic heterocycles. The lowest BCUT2D eigenvalue weighted by Crippen LogP contribution is -2.01.